The number of hydrogen-bond acceptors (Lipinski definition) is 5. The minimum absolute atomic E-state index is 0.00523. The molecule has 3 rings (SSSR count). The van der Waals surface area contributed by atoms with Gasteiger partial charge in [-0.3, -0.25) is 19.6 Å². The maximum absolute atomic E-state index is 12.6. The first kappa shape index (κ1) is 18.8. The van der Waals surface area contributed by atoms with Crippen LogP contribution in [0.3, 0.4) is 0 Å². The normalized spacial score (nSPS) is 12.0. The fourth-order valence-corrected chi connectivity index (χ4v) is 3.85. The smallest absolute Gasteiger partial charge is 0.272 e. The third-order valence-electron chi connectivity index (χ3n) is 4.32. The Kier molecular flexibility index (Phi) is 5.36. The lowest BCUT2D eigenvalue weighted by atomic mass is 10.1. The number of aromatic nitrogens is 2. The number of carbonyl (C=O) groups excluding carboxylic acids is 1. The first-order valence-electron chi connectivity index (χ1n) is 8.46. The van der Waals surface area contributed by atoms with Gasteiger partial charge in [0.15, 0.2) is 0 Å². The molecule has 0 saturated carbocycles. The second-order valence-electron chi connectivity index (χ2n) is 6.37. The van der Waals surface area contributed by atoms with Gasteiger partial charge in [-0.1, -0.05) is 6.07 Å². The van der Waals surface area contributed by atoms with Crippen LogP contribution in [0.1, 0.15) is 38.2 Å². The first-order chi connectivity index (χ1) is 12.9. The van der Waals surface area contributed by atoms with Gasteiger partial charge in [-0.2, -0.15) is 5.10 Å². The van der Waals surface area contributed by atoms with Crippen molar-refractivity contribution in [3.05, 3.63) is 79.3 Å². The molecule has 8 heteroatoms. The molecular weight excluding hydrogens is 364 g/mol. The highest BCUT2D eigenvalue weighted by molar-refractivity contribution is 7.10. The molecule has 1 aromatic carbocycles. The zero-order chi connectivity index (χ0) is 19.6. The molecule has 1 N–H and O–H groups in total. The number of nitrogens with one attached hydrogen (secondary N) is 1. The van der Waals surface area contributed by atoms with Crippen LogP contribution in [-0.4, -0.2) is 27.2 Å². The van der Waals surface area contributed by atoms with Crippen LogP contribution in [0.5, 0.6) is 0 Å². The Morgan fingerprint density at radius 3 is 2.63 bits per heavy atom. The summed E-state index contributed by atoms with van der Waals surface area (Å²) in [4.78, 5) is 24.1. The molecule has 0 radical (unpaired) electrons. The minimum atomic E-state index is -0.452. The van der Waals surface area contributed by atoms with E-state index >= 15 is 0 Å². The molecule has 1 amide bonds. The molecule has 0 bridgehead atoms. The third kappa shape index (κ3) is 4.06. The number of aryl methyl sites for hydroxylation is 3. The van der Waals surface area contributed by atoms with Gasteiger partial charge in [-0.15, -0.1) is 11.3 Å². The van der Waals surface area contributed by atoms with Crippen LogP contribution < -0.4 is 5.32 Å². The summed E-state index contributed by atoms with van der Waals surface area (Å²) in [5.74, 6) is -0.268. The molecule has 27 heavy (non-hydrogen) atoms. The van der Waals surface area contributed by atoms with Crippen molar-refractivity contribution in [2.75, 3.05) is 6.54 Å². The van der Waals surface area contributed by atoms with Crippen molar-refractivity contribution < 1.29 is 9.72 Å². The van der Waals surface area contributed by atoms with Crippen molar-refractivity contribution in [1.29, 1.82) is 0 Å². The van der Waals surface area contributed by atoms with E-state index in [4.69, 9.17) is 0 Å². The highest BCUT2D eigenvalue weighted by Crippen LogP contribution is 2.24. The van der Waals surface area contributed by atoms with E-state index in [-0.39, 0.29) is 17.6 Å². The standard InChI is InChI=1S/C19H20N4O3S/c1-12-9-15(6-7-16(12)23(25)26)19(24)20-11-17(18-5-4-8-27-18)22-14(3)10-13(2)21-22/h4-10,17H,11H2,1-3H3,(H,20,24). The molecule has 0 spiro atoms. The maximum Gasteiger partial charge on any atom is 0.272 e. The first-order valence-corrected chi connectivity index (χ1v) is 9.34. The van der Waals surface area contributed by atoms with Gasteiger partial charge >= 0.3 is 0 Å². The van der Waals surface area contributed by atoms with Gasteiger partial charge in [-0.25, -0.2) is 0 Å². The zero-order valence-corrected chi connectivity index (χ0v) is 16.1. The summed E-state index contributed by atoms with van der Waals surface area (Å²) in [5.41, 5.74) is 2.81. The van der Waals surface area contributed by atoms with Gasteiger partial charge in [0.2, 0.25) is 0 Å². The molecule has 0 aliphatic rings. The number of thiophene rings is 1. The van der Waals surface area contributed by atoms with Crippen molar-refractivity contribution in [2.24, 2.45) is 0 Å². The van der Waals surface area contributed by atoms with Crippen molar-refractivity contribution in [3.8, 4) is 0 Å². The van der Waals surface area contributed by atoms with Gasteiger partial charge in [0, 0.05) is 34.3 Å². The van der Waals surface area contributed by atoms with Crippen LogP contribution in [0.15, 0.2) is 41.8 Å². The lowest BCUT2D eigenvalue weighted by Crippen LogP contribution is -2.32. The number of benzene rings is 1. The van der Waals surface area contributed by atoms with E-state index in [1.807, 2.05) is 42.1 Å². The van der Waals surface area contributed by atoms with Crippen molar-refractivity contribution in [2.45, 2.75) is 26.8 Å². The quantitative estimate of drug-likeness (QED) is 0.517. The number of nitro groups is 1. The highest BCUT2D eigenvalue weighted by Gasteiger charge is 2.20. The average Bonchev–Trinajstić information content (AvgIpc) is 3.25. The largest absolute Gasteiger partial charge is 0.350 e. The van der Waals surface area contributed by atoms with Crippen LogP contribution >= 0.6 is 11.3 Å². The Bertz CT molecular complexity index is 979. The van der Waals surface area contributed by atoms with Crippen molar-refractivity contribution in [3.63, 3.8) is 0 Å². The summed E-state index contributed by atoms with van der Waals surface area (Å²) in [7, 11) is 0. The van der Waals surface area contributed by atoms with E-state index in [1.54, 1.807) is 18.3 Å². The van der Waals surface area contributed by atoms with Gasteiger partial charge in [0.25, 0.3) is 11.6 Å². The monoisotopic (exact) mass is 384 g/mol. The molecule has 140 valence electrons. The summed E-state index contributed by atoms with van der Waals surface area (Å²) < 4.78 is 1.92. The lowest BCUT2D eigenvalue weighted by molar-refractivity contribution is -0.385. The Hall–Kier alpha value is -3.00. The number of nitro benzene ring substituents is 1. The van der Waals surface area contributed by atoms with Gasteiger partial charge in [-0.05, 0) is 50.4 Å². The summed E-state index contributed by atoms with van der Waals surface area (Å²) in [6.45, 7) is 5.92. The predicted octanol–water partition coefficient (Wildman–Crippen LogP) is 3.80. The second kappa shape index (κ2) is 7.71. The van der Waals surface area contributed by atoms with E-state index < -0.39 is 4.92 Å². The number of amides is 1. The van der Waals surface area contributed by atoms with E-state index in [2.05, 4.69) is 10.4 Å². The molecule has 2 aromatic heterocycles. The zero-order valence-electron chi connectivity index (χ0n) is 15.3. The van der Waals surface area contributed by atoms with Gasteiger partial charge in [0.05, 0.1) is 10.6 Å². The Balaban J connectivity index is 1.80. The molecule has 0 aliphatic carbocycles. The number of rotatable bonds is 6. The van der Waals surface area contributed by atoms with Gasteiger partial charge < -0.3 is 5.32 Å². The van der Waals surface area contributed by atoms with Crippen molar-refractivity contribution >= 4 is 22.9 Å². The molecule has 1 unspecified atom stereocenters. The van der Waals surface area contributed by atoms with Gasteiger partial charge in [0.1, 0.15) is 6.04 Å². The molecular formula is C19H20N4O3S. The molecule has 1 atom stereocenters. The van der Waals surface area contributed by atoms with Crippen LogP contribution in [0.25, 0.3) is 0 Å². The van der Waals surface area contributed by atoms with Crippen LogP contribution in [0.2, 0.25) is 0 Å². The molecule has 3 aromatic rings. The fraction of sp³-hybridized carbons (Fsp3) is 0.263. The van der Waals surface area contributed by atoms with E-state index in [0.717, 1.165) is 16.3 Å². The topological polar surface area (TPSA) is 90.1 Å². The average molecular weight is 384 g/mol. The number of nitrogens with zero attached hydrogens (tertiary/aromatic N) is 3. The molecule has 2 heterocycles. The van der Waals surface area contributed by atoms with E-state index in [9.17, 15) is 14.9 Å². The fourth-order valence-electron chi connectivity index (χ4n) is 3.04. The second-order valence-corrected chi connectivity index (χ2v) is 7.35. The predicted molar refractivity (Wildman–Crippen MR) is 104 cm³/mol. The lowest BCUT2D eigenvalue weighted by Gasteiger charge is -2.19. The highest BCUT2D eigenvalue weighted by atomic mass is 32.1. The summed E-state index contributed by atoms with van der Waals surface area (Å²) in [6, 6.07) is 10.3. The maximum atomic E-state index is 12.6. The molecule has 0 saturated heterocycles. The summed E-state index contributed by atoms with van der Waals surface area (Å²) in [5, 5.41) is 20.4. The summed E-state index contributed by atoms with van der Waals surface area (Å²) in [6.07, 6.45) is 0. The number of hydrogen-bond donors (Lipinski definition) is 1. The van der Waals surface area contributed by atoms with Crippen LogP contribution in [-0.2, 0) is 0 Å². The van der Waals surface area contributed by atoms with E-state index in [1.165, 1.54) is 18.2 Å². The molecule has 0 aliphatic heterocycles. The molecule has 7 nitrogen and oxygen atoms in total. The van der Waals surface area contributed by atoms with Crippen LogP contribution in [0, 0.1) is 30.9 Å². The number of carbonyl (C=O) groups is 1. The Labute approximate surface area is 160 Å². The van der Waals surface area contributed by atoms with Crippen molar-refractivity contribution in [1.82, 2.24) is 15.1 Å². The van der Waals surface area contributed by atoms with Crippen LogP contribution in [0.4, 0.5) is 5.69 Å². The summed E-state index contributed by atoms with van der Waals surface area (Å²) >= 11 is 1.61. The molecule has 0 fully saturated rings. The minimum Gasteiger partial charge on any atom is -0.350 e. The third-order valence-corrected chi connectivity index (χ3v) is 5.30. The SMILES string of the molecule is Cc1cc(C)n(C(CNC(=O)c2ccc([N+](=O)[O-])c(C)c2)c2cccs2)n1. The van der Waals surface area contributed by atoms with E-state index in [0.29, 0.717) is 17.7 Å². The Morgan fingerprint density at radius 2 is 2.07 bits per heavy atom. The Morgan fingerprint density at radius 1 is 1.30 bits per heavy atom.